The van der Waals surface area contributed by atoms with Gasteiger partial charge >= 0.3 is 5.97 Å². The summed E-state index contributed by atoms with van der Waals surface area (Å²) >= 11 is 5.41. The number of rotatable bonds is 3. The lowest BCUT2D eigenvalue weighted by Gasteiger charge is -2.70. The smallest absolute Gasteiger partial charge is 0.309 e. The number of thiocarbonyl (C=S) groups is 1. The van der Waals surface area contributed by atoms with Crippen LogP contribution in [0.4, 0.5) is 5.69 Å². The Balaban J connectivity index is 0.000000189. The van der Waals surface area contributed by atoms with Crippen molar-refractivity contribution in [3.05, 3.63) is 83.9 Å². The molecule has 300 valence electrons. The number of aryl methyl sites for hydroxylation is 1. The van der Waals surface area contributed by atoms with Crippen LogP contribution in [0.25, 0.3) is 10.8 Å². The van der Waals surface area contributed by atoms with Crippen molar-refractivity contribution in [3.8, 4) is 5.75 Å². The number of hydrogen-bond donors (Lipinski definition) is 2. The Kier molecular flexibility index (Phi) is 10.2. The molecule has 0 heterocycles. The normalized spacial score (nSPS) is 37.0. The Bertz CT molecular complexity index is 2090. The molecule has 7 heteroatoms. The zero-order valence-corrected chi connectivity index (χ0v) is 35.9. The molecule has 9 atom stereocenters. The average Bonchev–Trinajstić information content (AvgIpc) is 3.14. The molecule has 0 aliphatic heterocycles. The number of anilines is 1. The maximum absolute atomic E-state index is 14.2. The lowest BCUT2D eigenvalue weighted by atomic mass is 9.33. The maximum atomic E-state index is 14.2. The lowest BCUT2D eigenvalue weighted by Crippen LogP contribution is -2.66. The summed E-state index contributed by atoms with van der Waals surface area (Å²) in [5, 5.41) is 23.7. The fourth-order valence-corrected chi connectivity index (χ4v) is 12.9. The van der Waals surface area contributed by atoms with Crippen molar-refractivity contribution >= 4 is 45.6 Å². The van der Waals surface area contributed by atoms with Crippen molar-refractivity contribution in [2.45, 2.75) is 119 Å². The number of benzene rings is 3. The van der Waals surface area contributed by atoms with E-state index < -0.39 is 11.4 Å². The maximum Gasteiger partial charge on any atom is 0.309 e. The number of carboxylic acids is 1. The molecule has 3 aromatic rings. The van der Waals surface area contributed by atoms with Crippen molar-refractivity contribution in [1.82, 2.24) is 0 Å². The minimum Gasteiger partial charge on any atom is -0.481 e. The first-order valence-corrected chi connectivity index (χ1v) is 21.3. The van der Waals surface area contributed by atoms with Gasteiger partial charge in [0.25, 0.3) is 5.17 Å². The predicted octanol–water partition coefficient (Wildman–Crippen LogP) is 11.4. The van der Waals surface area contributed by atoms with Gasteiger partial charge in [0.2, 0.25) is 0 Å². The third kappa shape index (κ3) is 6.44. The highest BCUT2D eigenvalue weighted by atomic mass is 32.1. The third-order valence-corrected chi connectivity index (χ3v) is 17.0. The molecule has 0 bridgehead atoms. The Morgan fingerprint density at radius 1 is 0.839 bits per heavy atom. The summed E-state index contributed by atoms with van der Waals surface area (Å²) in [6.45, 7) is 17.9. The number of allylic oxidation sites excluding steroid dienone is 2. The fourth-order valence-electron chi connectivity index (χ4n) is 12.7. The highest BCUT2D eigenvalue weighted by Crippen LogP contribution is 2.75. The van der Waals surface area contributed by atoms with Crippen LogP contribution in [0.5, 0.6) is 5.75 Å². The van der Waals surface area contributed by atoms with E-state index in [-0.39, 0.29) is 50.8 Å². The lowest BCUT2D eigenvalue weighted by molar-refractivity contribution is -0.202. The van der Waals surface area contributed by atoms with E-state index in [1.807, 2.05) is 67.4 Å². The summed E-state index contributed by atoms with van der Waals surface area (Å²) in [6, 6.07) is 22.3. The number of ketones is 1. The Labute approximate surface area is 340 Å². The van der Waals surface area contributed by atoms with Gasteiger partial charge in [0, 0.05) is 18.7 Å². The molecule has 0 spiro atoms. The van der Waals surface area contributed by atoms with Crippen LogP contribution in [0.3, 0.4) is 0 Å². The largest absolute Gasteiger partial charge is 0.481 e. The molecule has 56 heavy (non-hydrogen) atoms. The van der Waals surface area contributed by atoms with Crippen LogP contribution >= 0.6 is 12.2 Å². The van der Waals surface area contributed by atoms with E-state index in [2.05, 4.69) is 72.7 Å². The molecular weight excluding hydrogens is 715 g/mol. The summed E-state index contributed by atoms with van der Waals surface area (Å²) in [6.07, 6.45) is 9.95. The number of carbonyl (C=O) groups is 2. The van der Waals surface area contributed by atoms with Gasteiger partial charge in [0.05, 0.1) is 11.5 Å². The van der Waals surface area contributed by atoms with Crippen LogP contribution in [-0.2, 0) is 9.59 Å². The number of hydrogen-bond acceptors (Lipinski definition) is 5. The van der Waals surface area contributed by atoms with Crippen LogP contribution < -0.4 is 9.64 Å². The van der Waals surface area contributed by atoms with E-state index in [1.54, 1.807) is 0 Å². The van der Waals surface area contributed by atoms with E-state index >= 15 is 0 Å². The summed E-state index contributed by atoms with van der Waals surface area (Å²) in [5.74, 6) is 0.813. The minimum absolute atomic E-state index is 0.0296. The number of ether oxygens (including phenoxy) is 1. The summed E-state index contributed by atoms with van der Waals surface area (Å²) in [4.78, 5) is 28.3. The second-order valence-electron chi connectivity index (χ2n) is 20.2. The van der Waals surface area contributed by atoms with E-state index in [0.717, 1.165) is 68.2 Å². The topological polar surface area (TPSA) is 87.1 Å². The molecule has 2 N–H and O–H groups in total. The van der Waals surface area contributed by atoms with Gasteiger partial charge in [0.1, 0.15) is 5.75 Å². The molecule has 0 radical (unpaired) electrons. The quantitative estimate of drug-likeness (QED) is 0.256. The predicted molar refractivity (Wildman–Crippen MR) is 230 cm³/mol. The second kappa shape index (κ2) is 14.1. The average molecular weight is 778 g/mol. The summed E-state index contributed by atoms with van der Waals surface area (Å²) in [5.41, 5.74) is 2.35. The van der Waals surface area contributed by atoms with Gasteiger partial charge in [-0.25, -0.2) is 0 Å². The van der Waals surface area contributed by atoms with Gasteiger partial charge in [-0.05, 0) is 169 Å². The Morgan fingerprint density at radius 3 is 2.23 bits per heavy atom. The zero-order chi connectivity index (χ0) is 40.6. The monoisotopic (exact) mass is 777 g/mol. The number of nitrogens with zero attached hydrogens (tertiary/aromatic N) is 1. The molecule has 0 saturated heterocycles. The molecule has 5 aliphatic carbocycles. The molecule has 3 aromatic carbocycles. The van der Waals surface area contributed by atoms with Gasteiger partial charge in [-0.15, -0.1) is 0 Å². The third-order valence-electron chi connectivity index (χ3n) is 16.7. The number of fused-ring (bicyclic) bond motifs is 8. The standard InChI is InChI=1S/C30H46O4.C19H17NOS/c1-25(2)21-8-11-30(7)23(28(21,5)10-9-22(25)32)20(31)16-18-19-17-27(4,24(33)34)13-12-26(19,3)14-15-29(18,30)6;1-14-6-5-9-17(12-14)20(2)19(22)21-18-11-10-15-7-3-4-8-16(15)13-18/h16,19,21-23,32H,8-15,17H2,1-7H3,(H,33,34);3-13H,1-2H3. The molecule has 8 rings (SSSR count). The number of carbonyl (C=O) groups excluding carboxylic acids is 1. The molecule has 0 amide bonds. The second-order valence-corrected chi connectivity index (χ2v) is 20.6. The van der Waals surface area contributed by atoms with Gasteiger partial charge < -0.3 is 19.8 Å². The van der Waals surface area contributed by atoms with E-state index in [4.69, 9.17) is 17.0 Å². The SMILES string of the molecule is CC1(C(=O)O)CCC2(C)CCC3(C)C(=CC(=O)C4C5(C)CCC(O)C(C)(C)C5CCC43C)C2C1.Cc1cccc(N(C)C(=S)Oc2ccc3ccccc3c2)c1. The first-order chi connectivity index (χ1) is 26.2. The molecule has 4 saturated carbocycles. The number of carboxylic acid groups (broad SMARTS) is 1. The van der Waals surface area contributed by atoms with Crippen molar-refractivity contribution < 1.29 is 24.5 Å². The first-order valence-electron chi connectivity index (χ1n) is 20.9. The summed E-state index contributed by atoms with van der Waals surface area (Å²) < 4.78 is 5.84. The highest BCUT2D eigenvalue weighted by molar-refractivity contribution is 7.80. The van der Waals surface area contributed by atoms with Gasteiger partial charge in [0.15, 0.2) is 5.78 Å². The first kappa shape index (κ1) is 40.6. The molecule has 0 aromatic heterocycles. The Hall–Kier alpha value is -3.55. The van der Waals surface area contributed by atoms with E-state index in [0.29, 0.717) is 17.5 Å². The van der Waals surface area contributed by atoms with Gasteiger partial charge in [-0.3, -0.25) is 9.59 Å². The Morgan fingerprint density at radius 2 is 1.54 bits per heavy atom. The minimum atomic E-state index is -0.711. The highest BCUT2D eigenvalue weighted by Gasteiger charge is 2.70. The number of aliphatic hydroxyl groups excluding tert-OH is 1. The van der Waals surface area contributed by atoms with Crippen molar-refractivity contribution in [2.24, 2.45) is 50.2 Å². The van der Waals surface area contributed by atoms with Crippen LogP contribution in [0.1, 0.15) is 112 Å². The van der Waals surface area contributed by atoms with Gasteiger partial charge in [-0.1, -0.05) is 89.6 Å². The molecule has 5 aliphatic rings. The van der Waals surface area contributed by atoms with E-state index in [1.165, 1.54) is 16.5 Å². The van der Waals surface area contributed by atoms with Gasteiger partial charge in [-0.2, -0.15) is 0 Å². The molecule has 4 fully saturated rings. The van der Waals surface area contributed by atoms with Crippen LogP contribution in [0.15, 0.2) is 78.4 Å². The van der Waals surface area contributed by atoms with Crippen LogP contribution in [0, 0.1) is 57.2 Å². The van der Waals surface area contributed by atoms with E-state index in [9.17, 15) is 19.8 Å². The summed E-state index contributed by atoms with van der Waals surface area (Å²) in [7, 11) is 1.91. The molecule has 6 nitrogen and oxygen atoms in total. The number of aliphatic carboxylic acids is 1. The van der Waals surface area contributed by atoms with Crippen molar-refractivity contribution in [1.29, 1.82) is 0 Å². The fraction of sp³-hybridized carbons (Fsp3) is 0.571. The van der Waals surface area contributed by atoms with Crippen LogP contribution in [0.2, 0.25) is 0 Å². The van der Waals surface area contributed by atoms with Crippen molar-refractivity contribution in [3.63, 3.8) is 0 Å². The van der Waals surface area contributed by atoms with Crippen LogP contribution in [-0.4, -0.2) is 40.3 Å². The zero-order valence-electron chi connectivity index (χ0n) is 35.1. The molecule has 9 unspecified atom stereocenters. The van der Waals surface area contributed by atoms with Crippen molar-refractivity contribution in [2.75, 3.05) is 11.9 Å². The molecular formula is C49H63NO5S. The number of aliphatic hydroxyl groups is 1.